The maximum absolute atomic E-state index is 5.78. The van der Waals surface area contributed by atoms with E-state index in [9.17, 15) is 0 Å². The second kappa shape index (κ2) is 7.35. The van der Waals surface area contributed by atoms with Crippen molar-refractivity contribution in [1.29, 1.82) is 0 Å². The van der Waals surface area contributed by atoms with E-state index in [0.29, 0.717) is 0 Å². The molecule has 0 aliphatic rings. The first-order valence-corrected chi connectivity index (χ1v) is 8.22. The van der Waals surface area contributed by atoms with Crippen LogP contribution >= 0.6 is 0 Å². The van der Waals surface area contributed by atoms with Crippen LogP contribution in [0.2, 0.25) is 13.1 Å². The lowest BCUT2D eigenvalue weighted by atomic mass is 10.6. The van der Waals surface area contributed by atoms with Crippen molar-refractivity contribution in [2.45, 2.75) is 13.1 Å². The van der Waals surface area contributed by atoms with Gasteiger partial charge in [-0.2, -0.15) is 0 Å². The molecule has 0 aromatic rings. The van der Waals surface area contributed by atoms with Gasteiger partial charge in [0.25, 0.3) is 0 Å². The zero-order valence-electron chi connectivity index (χ0n) is 11.0. The van der Waals surface area contributed by atoms with Gasteiger partial charge in [0, 0.05) is 26.3 Å². The molecule has 0 aliphatic heterocycles. The van der Waals surface area contributed by atoms with Gasteiger partial charge in [-0.3, -0.25) is 0 Å². The van der Waals surface area contributed by atoms with Crippen molar-refractivity contribution in [3.8, 4) is 0 Å². The average Bonchev–Trinajstić information content (AvgIpc) is 2.01. The van der Waals surface area contributed by atoms with Gasteiger partial charge in [0.1, 0.15) is 0 Å². The minimum absolute atomic E-state index is 0.758. The number of hydrogen-bond donors (Lipinski definition) is 0. The molecule has 0 saturated heterocycles. The third-order valence-electron chi connectivity index (χ3n) is 1.98. The van der Waals surface area contributed by atoms with E-state index < -0.39 is 8.56 Å². The van der Waals surface area contributed by atoms with Crippen LogP contribution < -0.4 is 0 Å². The molecular formula is C10H26N2O2Si. The Morgan fingerprint density at radius 1 is 0.800 bits per heavy atom. The number of hydrogen-bond acceptors (Lipinski definition) is 4. The molecule has 0 aromatic carbocycles. The molecule has 0 atom stereocenters. The quantitative estimate of drug-likeness (QED) is 0.581. The molecule has 0 bridgehead atoms. The van der Waals surface area contributed by atoms with Crippen molar-refractivity contribution in [3.05, 3.63) is 0 Å². The molecule has 0 radical (unpaired) electrons. The van der Waals surface area contributed by atoms with E-state index in [-0.39, 0.29) is 0 Å². The lowest BCUT2D eigenvalue weighted by Crippen LogP contribution is -2.39. The summed E-state index contributed by atoms with van der Waals surface area (Å²) in [6.07, 6.45) is 0. The molecule has 0 rings (SSSR count). The van der Waals surface area contributed by atoms with Gasteiger partial charge in [-0.1, -0.05) is 0 Å². The zero-order chi connectivity index (χ0) is 11.9. The van der Waals surface area contributed by atoms with E-state index in [1.165, 1.54) is 0 Å². The van der Waals surface area contributed by atoms with Crippen molar-refractivity contribution in [1.82, 2.24) is 9.80 Å². The fraction of sp³-hybridized carbons (Fsp3) is 1.00. The van der Waals surface area contributed by atoms with Crippen LogP contribution in [-0.2, 0) is 8.85 Å². The monoisotopic (exact) mass is 234 g/mol. The lowest BCUT2D eigenvalue weighted by Gasteiger charge is -2.24. The Hall–Kier alpha value is 0.0569. The molecule has 0 unspecified atom stereocenters. The summed E-state index contributed by atoms with van der Waals surface area (Å²) < 4.78 is 11.6. The second-order valence-electron chi connectivity index (χ2n) is 4.70. The summed E-state index contributed by atoms with van der Waals surface area (Å²) in [5.74, 6) is 0. The molecule has 0 aromatic heterocycles. The van der Waals surface area contributed by atoms with Crippen molar-refractivity contribution in [2.24, 2.45) is 0 Å². The molecule has 0 heterocycles. The summed E-state index contributed by atoms with van der Waals surface area (Å²) in [4.78, 5) is 4.23. The van der Waals surface area contributed by atoms with Gasteiger partial charge in [0.05, 0.1) is 0 Å². The summed E-state index contributed by atoms with van der Waals surface area (Å²) in [7, 11) is 6.30. The van der Waals surface area contributed by atoms with Gasteiger partial charge < -0.3 is 18.7 Å². The van der Waals surface area contributed by atoms with Crippen LogP contribution in [0.5, 0.6) is 0 Å². The average molecular weight is 234 g/mol. The highest BCUT2D eigenvalue weighted by Gasteiger charge is 2.24. The van der Waals surface area contributed by atoms with Gasteiger partial charge in [0.15, 0.2) is 0 Å². The minimum Gasteiger partial charge on any atom is -0.393 e. The van der Waals surface area contributed by atoms with Crippen molar-refractivity contribution < 1.29 is 8.85 Å². The van der Waals surface area contributed by atoms with E-state index in [2.05, 4.69) is 22.9 Å². The fourth-order valence-electron chi connectivity index (χ4n) is 0.990. The molecule has 4 nitrogen and oxygen atoms in total. The SMILES string of the molecule is CN(C)CCO[Si](C)(C)OCCN(C)C. The Kier molecular flexibility index (Phi) is 7.38. The first-order chi connectivity index (χ1) is 6.83. The van der Waals surface area contributed by atoms with E-state index >= 15 is 0 Å². The molecule has 92 valence electrons. The van der Waals surface area contributed by atoms with Crippen molar-refractivity contribution >= 4 is 8.56 Å². The Morgan fingerprint density at radius 2 is 1.13 bits per heavy atom. The molecule has 0 spiro atoms. The van der Waals surface area contributed by atoms with Gasteiger partial charge in [-0.25, -0.2) is 0 Å². The maximum atomic E-state index is 5.78. The summed E-state index contributed by atoms with van der Waals surface area (Å²) >= 11 is 0. The van der Waals surface area contributed by atoms with E-state index in [0.717, 1.165) is 26.3 Å². The highest BCUT2D eigenvalue weighted by Crippen LogP contribution is 2.05. The van der Waals surface area contributed by atoms with Crippen LogP contribution in [0.3, 0.4) is 0 Å². The maximum Gasteiger partial charge on any atom is 0.331 e. The summed E-state index contributed by atoms with van der Waals surface area (Å²) in [6, 6.07) is 0. The van der Waals surface area contributed by atoms with Crippen LogP contribution in [0, 0.1) is 0 Å². The predicted molar refractivity (Wildman–Crippen MR) is 66.5 cm³/mol. The van der Waals surface area contributed by atoms with E-state index in [1.54, 1.807) is 0 Å². The summed E-state index contributed by atoms with van der Waals surface area (Å²) in [5, 5.41) is 0. The molecule has 0 amide bonds. The first kappa shape index (κ1) is 15.1. The normalized spacial score (nSPS) is 12.8. The Morgan fingerprint density at radius 3 is 1.40 bits per heavy atom. The molecule has 0 fully saturated rings. The van der Waals surface area contributed by atoms with Gasteiger partial charge in [0.2, 0.25) is 0 Å². The fourth-order valence-corrected chi connectivity index (χ4v) is 2.24. The zero-order valence-corrected chi connectivity index (χ0v) is 12.0. The Bertz CT molecular complexity index is 148. The number of nitrogens with zero attached hydrogens (tertiary/aromatic N) is 2. The largest absolute Gasteiger partial charge is 0.393 e. The smallest absolute Gasteiger partial charge is 0.331 e. The van der Waals surface area contributed by atoms with Crippen molar-refractivity contribution in [3.63, 3.8) is 0 Å². The molecule has 0 aliphatic carbocycles. The topological polar surface area (TPSA) is 24.9 Å². The minimum atomic E-state index is -1.89. The second-order valence-corrected chi connectivity index (χ2v) is 8.08. The summed E-state index contributed by atoms with van der Waals surface area (Å²) in [6.45, 7) is 7.61. The van der Waals surface area contributed by atoms with Crippen LogP contribution in [-0.4, -0.2) is 72.9 Å². The first-order valence-electron chi connectivity index (χ1n) is 5.41. The predicted octanol–water partition coefficient (Wildman–Crippen LogP) is 0.845. The molecule has 0 N–H and O–H groups in total. The summed E-state index contributed by atoms with van der Waals surface area (Å²) in [5.41, 5.74) is 0. The van der Waals surface area contributed by atoms with Gasteiger partial charge >= 0.3 is 8.56 Å². The standard InChI is InChI=1S/C10H26N2O2Si/c1-11(2)7-9-13-15(5,6)14-10-8-12(3)4/h7-10H2,1-6H3. The number of rotatable bonds is 8. The van der Waals surface area contributed by atoms with Gasteiger partial charge in [-0.15, -0.1) is 0 Å². The Labute approximate surface area is 95.4 Å². The third kappa shape index (κ3) is 10.3. The van der Waals surface area contributed by atoms with E-state index in [4.69, 9.17) is 8.85 Å². The molecule has 5 heteroatoms. The van der Waals surface area contributed by atoms with Crippen LogP contribution in [0.4, 0.5) is 0 Å². The molecular weight excluding hydrogens is 208 g/mol. The van der Waals surface area contributed by atoms with E-state index in [1.807, 2.05) is 28.2 Å². The molecule has 15 heavy (non-hydrogen) atoms. The van der Waals surface area contributed by atoms with Crippen LogP contribution in [0.1, 0.15) is 0 Å². The van der Waals surface area contributed by atoms with Crippen LogP contribution in [0.15, 0.2) is 0 Å². The molecule has 0 saturated carbocycles. The number of likely N-dealkylation sites (N-methyl/N-ethyl adjacent to an activating group) is 2. The van der Waals surface area contributed by atoms with Crippen LogP contribution in [0.25, 0.3) is 0 Å². The van der Waals surface area contributed by atoms with Gasteiger partial charge in [-0.05, 0) is 41.3 Å². The Balaban J connectivity index is 3.57. The lowest BCUT2D eigenvalue weighted by molar-refractivity contribution is 0.154. The highest BCUT2D eigenvalue weighted by molar-refractivity contribution is 6.64. The highest BCUT2D eigenvalue weighted by atomic mass is 28.4. The third-order valence-corrected chi connectivity index (χ3v) is 3.77. The van der Waals surface area contributed by atoms with Crippen molar-refractivity contribution in [2.75, 3.05) is 54.5 Å².